The quantitative estimate of drug-likeness (QED) is 0.846. The van der Waals surface area contributed by atoms with E-state index in [0.29, 0.717) is 15.9 Å². The lowest BCUT2D eigenvalue weighted by molar-refractivity contribution is 0.592. The van der Waals surface area contributed by atoms with E-state index in [0.717, 1.165) is 0 Å². The predicted octanol–water partition coefficient (Wildman–Crippen LogP) is 3.43. The van der Waals surface area contributed by atoms with Crippen LogP contribution in [0, 0.1) is 5.82 Å². The molecule has 1 heterocycles. The molecule has 0 amide bonds. The Morgan fingerprint density at radius 2 is 2.12 bits per heavy atom. The van der Waals surface area contributed by atoms with E-state index in [1.165, 1.54) is 0 Å². The Kier molecular flexibility index (Phi) is 3.05. The number of hydrogen-bond acceptors (Lipinski definition) is 2. The van der Waals surface area contributed by atoms with Gasteiger partial charge in [0.1, 0.15) is 12.1 Å². The van der Waals surface area contributed by atoms with Crippen LogP contribution in [0.3, 0.4) is 0 Å². The van der Waals surface area contributed by atoms with Gasteiger partial charge in [-0.3, -0.25) is 0 Å². The summed E-state index contributed by atoms with van der Waals surface area (Å²) >= 11 is 3.16. The van der Waals surface area contributed by atoms with Gasteiger partial charge in [0.25, 0.3) is 0 Å². The minimum atomic E-state index is -0.308. The highest BCUT2D eigenvalue weighted by Gasteiger charge is 2.15. The minimum absolute atomic E-state index is 0.198. The number of rotatable bonds is 2. The number of nitrogens with zero attached hydrogens (tertiary/aromatic N) is 3. The molecule has 0 fully saturated rings. The molecule has 16 heavy (non-hydrogen) atoms. The van der Waals surface area contributed by atoms with Crippen LogP contribution in [0.2, 0.25) is 0 Å². The maximum atomic E-state index is 13.9. The molecule has 1 aromatic heterocycles. The van der Waals surface area contributed by atoms with Crippen molar-refractivity contribution in [2.45, 2.75) is 19.9 Å². The molecule has 0 N–H and O–H groups in total. The second-order valence-corrected chi connectivity index (χ2v) is 4.61. The molecule has 0 unspecified atom stereocenters. The first kappa shape index (κ1) is 11.3. The summed E-state index contributed by atoms with van der Waals surface area (Å²) < 4.78 is 16.2. The van der Waals surface area contributed by atoms with E-state index in [9.17, 15) is 4.39 Å². The monoisotopic (exact) mass is 283 g/mol. The van der Waals surface area contributed by atoms with Crippen molar-refractivity contribution in [3.63, 3.8) is 0 Å². The van der Waals surface area contributed by atoms with Gasteiger partial charge in [-0.15, -0.1) is 10.2 Å². The van der Waals surface area contributed by atoms with Crippen LogP contribution in [0.1, 0.15) is 19.9 Å². The molecule has 0 saturated carbocycles. The first-order chi connectivity index (χ1) is 7.61. The van der Waals surface area contributed by atoms with E-state index in [1.807, 2.05) is 18.4 Å². The first-order valence-electron chi connectivity index (χ1n) is 4.95. The van der Waals surface area contributed by atoms with Crippen molar-refractivity contribution >= 4 is 15.9 Å². The molecule has 3 nitrogen and oxygen atoms in total. The average molecular weight is 284 g/mol. The lowest BCUT2D eigenvalue weighted by Crippen LogP contribution is -2.03. The van der Waals surface area contributed by atoms with Crippen LogP contribution in [0.25, 0.3) is 11.4 Å². The number of hydrogen-bond donors (Lipinski definition) is 0. The normalized spacial score (nSPS) is 11.1. The Labute approximate surface area is 101 Å². The Bertz CT molecular complexity index is 508. The summed E-state index contributed by atoms with van der Waals surface area (Å²) in [6, 6.07) is 5.34. The molecular formula is C11H11BrFN3. The zero-order valence-electron chi connectivity index (χ0n) is 8.98. The molecule has 0 radical (unpaired) electrons. The van der Waals surface area contributed by atoms with Gasteiger partial charge in [-0.2, -0.15) is 0 Å². The van der Waals surface area contributed by atoms with E-state index >= 15 is 0 Å². The van der Waals surface area contributed by atoms with Crippen LogP contribution in [0.4, 0.5) is 4.39 Å². The Morgan fingerprint density at radius 1 is 1.38 bits per heavy atom. The van der Waals surface area contributed by atoms with Gasteiger partial charge in [-0.1, -0.05) is 6.07 Å². The molecule has 0 aliphatic heterocycles. The summed E-state index contributed by atoms with van der Waals surface area (Å²) in [4.78, 5) is 0. The van der Waals surface area contributed by atoms with Crippen molar-refractivity contribution in [1.29, 1.82) is 0 Å². The van der Waals surface area contributed by atoms with Crippen LogP contribution in [0.5, 0.6) is 0 Å². The maximum Gasteiger partial charge on any atom is 0.166 e. The molecule has 1 aromatic carbocycles. The summed E-state index contributed by atoms with van der Waals surface area (Å²) in [5, 5.41) is 7.78. The topological polar surface area (TPSA) is 30.7 Å². The molecule has 0 saturated heterocycles. The molecule has 2 rings (SSSR count). The number of halogens is 2. The average Bonchev–Trinajstić information content (AvgIpc) is 2.70. The fourth-order valence-corrected chi connectivity index (χ4v) is 1.86. The summed E-state index contributed by atoms with van der Waals surface area (Å²) in [5.74, 6) is 0.242. The molecule has 0 aliphatic carbocycles. The van der Waals surface area contributed by atoms with E-state index in [-0.39, 0.29) is 11.9 Å². The van der Waals surface area contributed by atoms with Crippen molar-refractivity contribution in [1.82, 2.24) is 14.8 Å². The van der Waals surface area contributed by atoms with Gasteiger partial charge >= 0.3 is 0 Å². The van der Waals surface area contributed by atoms with Crippen LogP contribution in [-0.2, 0) is 0 Å². The van der Waals surface area contributed by atoms with Crippen LogP contribution >= 0.6 is 15.9 Å². The van der Waals surface area contributed by atoms with E-state index in [1.54, 1.807) is 24.5 Å². The lowest BCUT2D eigenvalue weighted by atomic mass is 10.2. The number of aromatic nitrogens is 3. The second kappa shape index (κ2) is 4.33. The summed E-state index contributed by atoms with van der Waals surface area (Å²) in [7, 11) is 0. The zero-order chi connectivity index (χ0) is 11.7. The van der Waals surface area contributed by atoms with E-state index < -0.39 is 0 Å². The van der Waals surface area contributed by atoms with Crippen molar-refractivity contribution in [3.05, 3.63) is 34.8 Å². The van der Waals surface area contributed by atoms with Gasteiger partial charge in [-0.25, -0.2) is 4.39 Å². The minimum Gasteiger partial charge on any atom is -0.311 e. The van der Waals surface area contributed by atoms with Gasteiger partial charge in [0.2, 0.25) is 0 Å². The maximum absolute atomic E-state index is 13.9. The highest BCUT2D eigenvalue weighted by Crippen LogP contribution is 2.27. The van der Waals surface area contributed by atoms with Crippen molar-refractivity contribution in [3.8, 4) is 11.4 Å². The van der Waals surface area contributed by atoms with Crippen molar-refractivity contribution < 1.29 is 4.39 Å². The van der Waals surface area contributed by atoms with Gasteiger partial charge in [0.15, 0.2) is 5.82 Å². The van der Waals surface area contributed by atoms with E-state index in [4.69, 9.17) is 0 Å². The largest absolute Gasteiger partial charge is 0.311 e. The lowest BCUT2D eigenvalue weighted by Gasteiger charge is -2.10. The second-order valence-electron chi connectivity index (χ2n) is 3.76. The standard InChI is InChI=1S/C11H11BrFN3/c1-7(2)16-6-14-15-11(16)8-4-3-5-9(12)10(8)13/h3-7H,1-2H3. The van der Waals surface area contributed by atoms with Gasteiger partial charge in [0.05, 0.1) is 10.0 Å². The first-order valence-corrected chi connectivity index (χ1v) is 5.74. The SMILES string of the molecule is CC(C)n1cnnc1-c1cccc(Br)c1F. The van der Waals surface area contributed by atoms with Crippen LogP contribution in [-0.4, -0.2) is 14.8 Å². The molecule has 0 bridgehead atoms. The van der Waals surface area contributed by atoms with Crippen molar-refractivity contribution in [2.75, 3.05) is 0 Å². The smallest absolute Gasteiger partial charge is 0.166 e. The van der Waals surface area contributed by atoms with Gasteiger partial charge in [-0.05, 0) is 41.9 Å². The van der Waals surface area contributed by atoms with Crippen LogP contribution < -0.4 is 0 Å². The third kappa shape index (κ3) is 1.87. The fourth-order valence-electron chi connectivity index (χ4n) is 1.49. The summed E-state index contributed by atoms with van der Waals surface area (Å²) in [6.07, 6.45) is 1.61. The Hall–Kier alpha value is -1.23. The molecular weight excluding hydrogens is 273 g/mol. The third-order valence-corrected chi connectivity index (χ3v) is 2.93. The molecule has 5 heteroatoms. The van der Waals surface area contributed by atoms with Crippen LogP contribution in [0.15, 0.2) is 29.0 Å². The highest BCUT2D eigenvalue weighted by molar-refractivity contribution is 9.10. The molecule has 84 valence electrons. The molecule has 0 aliphatic rings. The zero-order valence-corrected chi connectivity index (χ0v) is 10.6. The van der Waals surface area contributed by atoms with Crippen molar-refractivity contribution in [2.24, 2.45) is 0 Å². The highest BCUT2D eigenvalue weighted by atomic mass is 79.9. The molecule has 2 aromatic rings. The van der Waals surface area contributed by atoms with E-state index in [2.05, 4.69) is 26.1 Å². The third-order valence-electron chi connectivity index (χ3n) is 2.32. The summed E-state index contributed by atoms with van der Waals surface area (Å²) in [5.41, 5.74) is 0.459. The molecule has 0 spiro atoms. The van der Waals surface area contributed by atoms with Gasteiger partial charge < -0.3 is 4.57 Å². The summed E-state index contributed by atoms with van der Waals surface area (Å²) in [6.45, 7) is 4.01. The van der Waals surface area contributed by atoms with Gasteiger partial charge in [0, 0.05) is 6.04 Å². The Balaban J connectivity index is 2.59. The predicted molar refractivity (Wildman–Crippen MR) is 63.5 cm³/mol. The molecule has 0 atom stereocenters. The fraction of sp³-hybridized carbons (Fsp3) is 0.273. The Morgan fingerprint density at radius 3 is 2.81 bits per heavy atom. The number of benzene rings is 1.